The summed E-state index contributed by atoms with van der Waals surface area (Å²) in [6, 6.07) is 3.64. The summed E-state index contributed by atoms with van der Waals surface area (Å²) in [5, 5.41) is 6.11. The monoisotopic (exact) mass is 406 g/mol. The molecule has 2 saturated heterocycles. The summed E-state index contributed by atoms with van der Waals surface area (Å²) >= 11 is 0. The Bertz CT molecular complexity index is 621. The molecule has 2 N–H and O–H groups in total. The highest BCUT2D eigenvalue weighted by molar-refractivity contribution is 5.85. The second-order valence-corrected chi connectivity index (χ2v) is 7.53. The molecule has 0 aliphatic carbocycles. The number of nitrogens with zero attached hydrogens (tertiary/aromatic N) is 2. The van der Waals surface area contributed by atoms with Crippen molar-refractivity contribution in [2.45, 2.75) is 57.8 Å². The minimum absolute atomic E-state index is 0.0957. The third-order valence-electron chi connectivity index (χ3n) is 5.28. The highest BCUT2D eigenvalue weighted by atomic mass is 16.5. The lowest BCUT2D eigenvalue weighted by Crippen LogP contribution is -2.47. The van der Waals surface area contributed by atoms with Crippen molar-refractivity contribution in [2.24, 2.45) is 4.99 Å². The van der Waals surface area contributed by atoms with Crippen LogP contribution in [0.3, 0.4) is 0 Å². The number of amides is 1. The molecule has 1 atom stereocenters. The summed E-state index contributed by atoms with van der Waals surface area (Å²) in [6.45, 7) is 6.59. The maximum Gasteiger partial charge on any atom is 0.242 e. The van der Waals surface area contributed by atoms with Gasteiger partial charge in [-0.25, -0.2) is 4.99 Å². The van der Waals surface area contributed by atoms with Crippen LogP contribution in [0.4, 0.5) is 0 Å². The van der Waals surface area contributed by atoms with E-state index >= 15 is 0 Å². The maximum atomic E-state index is 12.1. The molecule has 3 heterocycles. The molecule has 0 saturated carbocycles. The molecule has 2 aliphatic rings. The van der Waals surface area contributed by atoms with Crippen molar-refractivity contribution in [1.82, 2.24) is 15.5 Å². The number of carbonyl (C=O) groups excluding carboxylic acids is 1. The van der Waals surface area contributed by atoms with Crippen LogP contribution in [0.5, 0.6) is 0 Å². The quantitative estimate of drug-likeness (QED) is 0.507. The molecule has 29 heavy (non-hydrogen) atoms. The molecule has 1 aromatic rings. The van der Waals surface area contributed by atoms with Gasteiger partial charge in [0, 0.05) is 26.2 Å². The lowest BCUT2D eigenvalue weighted by Gasteiger charge is -2.35. The minimum Gasteiger partial charge on any atom is -0.467 e. The molecule has 8 nitrogen and oxygen atoms in total. The lowest BCUT2D eigenvalue weighted by molar-refractivity contribution is -0.119. The molecule has 0 radical (unpaired) electrons. The van der Waals surface area contributed by atoms with E-state index in [1.807, 2.05) is 13.0 Å². The molecule has 0 bridgehead atoms. The van der Waals surface area contributed by atoms with Gasteiger partial charge in [0.25, 0.3) is 0 Å². The smallest absolute Gasteiger partial charge is 0.242 e. The largest absolute Gasteiger partial charge is 0.467 e. The third kappa shape index (κ3) is 7.36. The van der Waals surface area contributed by atoms with E-state index in [1.54, 1.807) is 12.3 Å². The van der Waals surface area contributed by atoms with Crippen molar-refractivity contribution in [1.29, 1.82) is 0 Å². The average Bonchev–Trinajstić information content (AvgIpc) is 3.29. The van der Waals surface area contributed by atoms with Crippen molar-refractivity contribution in [3.8, 4) is 0 Å². The van der Waals surface area contributed by atoms with Gasteiger partial charge >= 0.3 is 0 Å². The average molecular weight is 407 g/mol. The SMILES string of the molecule is CCNC(=NCC(=O)NCc1ccco1)N1CCC(OCC2CCCCO2)CC1. The van der Waals surface area contributed by atoms with E-state index in [9.17, 15) is 4.79 Å². The van der Waals surface area contributed by atoms with Gasteiger partial charge in [0.2, 0.25) is 5.91 Å². The summed E-state index contributed by atoms with van der Waals surface area (Å²) in [4.78, 5) is 18.8. The van der Waals surface area contributed by atoms with Gasteiger partial charge in [-0.2, -0.15) is 0 Å². The highest BCUT2D eigenvalue weighted by Crippen LogP contribution is 2.18. The van der Waals surface area contributed by atoms with E-state index in [1.165, 1.54) is 12.8 Å². The number of guanidine groups is 1. The van der Waals surface area contributed by atoms with Gasteiger partial charge in [-0.15, -0.1) is 0 Å². The molecule has 8 heteroatoms. The predicted molar refractivity (Wildman–Crippen MR) is 111 cm³/mol. The van der Waals surface area contributed by atoms with E-state index in [4.69, 9.17) is 13.9 Å². The zero-order valence-electron chi connectivity index (χ0n) is 17.4. The van der Waals surface area contributed by atoms with Gasteiger partial charge in [0.05, 0.1) is 31.6 Å². The normalized spacial score (nSPS) is 21.2. The fourth-order valence-electron chi connectivity index (χ4n) is 3.64. The Morgan fingerprint density at radius 3 is 2.83 bits per heavy atom. The summed E-state index contributed by atoms with van der Waals surface area (Å²) in [5.41, 5.74) is 0. The van der Waals surface area contributed by atoms with Crippen molar-refractivity contribution in [2.75, 3.05) is 39.4 Å². The number of hydrogen-bond acceptors (Lipinski definition) is 5. The standard InChI is InChI=1S/C21H34N4O4/c1-2-22-21(24-15-20(26)23-14-18-7-5-13-27-18)25-10-8-17(9-11-25)29-16-19-6-3-4-12-28-19/h5,7,13,17,19H,2-4,6,8-12,14-16H2,1H3,(H,22,24)(H,23,26). The molecule has 2 fully saturated rings. The number of rotatable bonds is 8. The van der Waals surface area contributed by atoms with Gasteiger partial charge < -0.3 is 29.4 Å². The summed E-state index contributed by atoms with van der Waals surface area (Å²) in [5.74, 6) is 1.40. The fourth-order valence-corrected chi connectivity index (χ4v) is 3.64. The van der Waals surface area contributed by atoms with Gasteiger partial charge in [0.15, 0.2) is 5.96 Å². The minimum atomic E-state index is -0.123. The molecule has 3 rings (SSSR count). The van der Waals surface area contributed by atoms with E-state index < -0.39 is 0 Å². The zero-order chi connectivity index (χ0) is 20.3. The predicted octanol–water partition coefficient (Wildman–Crippen LogP) is 1.91. The molecule has 2 aliphatic heterocycles. The second-order valence-electron chi connectivity index (χ2n) is 7.53. The first-order valence-electron chi connectivity index (χ1n) is 10.8. The molecule has 1 unspecified atom stereocenters. The number of nitrogens with one attached hydrogen (secondary N) is 2. The van der Waals surface area contributed by atoms with Gasteiger partial charge in [-0.05, 0) is 51.2 Å². The Morgan fingerprint density at radius 2 is 2.14 bits per heavy atom. The van der Waals surface area contributed by atoms with E-state index in [2.05, 4.69) is 20.5 Å². The van der Waals surface area contributed by atoms with Crippen molar-refractivity contribution in [3.63, 3.8) is 0 Å². The summed E-state index contributed by atoms with van der Waals surface area (Å²) < 4.78 is 17.1. The van der Waals surface area contributed by atoms with Crippen LogP contribution >= 0.6 is 0 Å². The van der Waals surface area contributed by atoms with Crippen LogP contribution in [-0.2, 0) is 20.8 Å². The number of aliphatic imine (C=N–C) groups is 1. The second kappa shape index (κ2) is 11.8. The number of ether oxygens (including phenoxy) is 2. The summed E-state index contributed by atoms with van der Waals surface area (Å²) in [7, 11) is 0. The van der Waals surface area contributed by atoms with E-state index in [0.717, 1.165) is 57.2 Å². The highest BCUT2D eigenvalue weighted by Gasteiger charge is 2.24. The first kappa shape index (κ1) is 21.6. The molecule has 1 aromatic heterocycles. The van der Waals surface area contributed by atoms with Crippen LogP contribution in [0.1, 0.15) is 44.8 Å². The van der Waals surface area contributed by atoms with Crippen LogP contribution in [-0.4, -0.2) is 68.4 Å². The van der Waals surface area contributed by atoms with Crippen LogP contribution < -0.4 is 10.6 Å². The Kier molecular flexibility index (Phi) is 8.82. The first-order chi connectivity index (χ1) is 14.2. The lowest BCUT2D eigenvalue weighted by atomic mass is 10.1. The first-order valence-corrected chi connectivity index (χ1v) is 10.8. The van der Waals surface area contributed by atoms with E-state index in [0.29, 0.717) is 13.2 Å². The van der Waals surface area contributed by atoms with Crippen molar-refractivity contribution >= 4 is 11.9 Å². The number of hydrogen-bond donors (Lipinski definition) is 2. The van der Waals surface area contributed by atoms with Crippen LogP contribution in [0.2, 0.25) is 0 Å². The van der Waals surface area contributed by atoms with Crippen LogP contribution in [0.15, 0.2) is 27.8 Å². The number of likely N-dealkylation sites (tertiary alicyclic amines) is 1. The zero-order valence-corrected chi connectivity index (χ0v) is 17.4. The molecule has 162 valence electrons. The summed E-state index contributed by atoms with van der Waals surface area (Å²) in [6.07, 6.45) is 7.57. The van der Waals surface area contributed by atoms with E-state index in [-0.39, 0.29) is 24.7 Å². The Labute approximate surface area is 173 Å². The van der Waals surface area contributed by atoms with Crippen LogP contribution in [0.25, 0.3) is 0 Å². The van der Waals surface area contributed by atoms with Crippen molar-refractivity contribution < 1.29 is 18.7 Å². The molecule has 0 spiro atoms. The topological polar surface area (TPSA) is 88.3 Å². The van der Waals surface area contributed by atoms with Gasteiger partial charge in [-0.3, -0.25) is 4.79 Å². The number of piperidine rings is 1. The third-order valence-corrected chi connectivity index (χ3v) is 5.28. The molecule has 1 amide bonds. The van der Waals surface area contributed by atoms with Crippen LogP contribution in [0, 0.1) is 0 Å². The Hall–Kier alpha value is -2.06. The fraction of sp³-hybridized carbons (Fsp3) is 0.714. The molecular formula is C21H34N4O4. The Balaban J connectivity index is 1.39. The molecule has 0 aromatic carbocycles. The number of furan rings is 1. The van der Waals surface area contributed by atoms with Gasteiger partial charge in [0.1, 0.15) is 12.3 Å². The maximum absolute atomic E-state index is 12.1. The number of carbonyl (C=O) groups is 1. The Morgan fingerprint density at radius 1 is 1.28 bits per heavy atom. The van der Waals surface area contributed by atoms with Gasteiger partial charge in [-0.1, -0.05) is 0 Å². The molecular weight excluding hydrogens is 372 g/mol. The van der Waals surface area contributed by atoms with Crippen molar-refractivity contribution in [3.05, 3.63) is 24.2 Å².